The van der Waals surface area contributed by atoms with Crippen LogP contribution in [-0.4, -0.2) is 62.4 Å². The van der Waals surface area contributed by atoms with E-state index in [1.807, 2.05) is 0 Å². The second kappa shape index (κ2) is 21.1. The average Bonchev–Trinajstić information content (AvgIpc) is 2.86. The molecule has 0 fully saturated rings. The highest BCUT2D eigenvalue weighted by Crippen LogP contribution is 2.27. The van der Waals surface area contributed by atoms with Crippen molar-refractivity contribution in [1.29, 1.82) is 0 Å². The minimum absolute atomic E-state index is 0.222. The van der Waals surface area contributed by atoms with Gasteiger partial charge in [-0.15, -0.1) is 0 Å². The highest BCUT2D eigenvalue weighted by molar-refractivity contribution is 5.77. The number of nitrogens with zero attached hydrogens (tertiary/aromatic N) is 1. The Morgan fingerprint density at radius 2 is 0.838 bits per heavy atom. The van der Waals surface area contributed by atoms with E-state index in [1.54, 1.807) is 0 Å². The van der Waals surface area contributed by atoms with Gasteiger partial charge in [0.2, 0.25) is 0 Å². The van der Waals surface area contributed by atoms with Gasteiger partial charge >= 0.3 is 17.9 Å². The molecule has 0 aliphatic heterocycles. The zero-order valence-electron chi connectivity index (χ0n) is 24.1. The summed E-state index contributed by atoms with van der Waals surface area (Å²) in [5, 5.41) is 28.9. The van der Waals surface area contributed by atoms with E-state index in [9.17, 15) is 29.7 Å². The molecular formula is C30H56NO6+. The van der Waals surface area contributed by atoms with Gasteiger partial charge in [0, 0.05) is 0 Å². The number of allylic oxidation sites excluding steroid dienone is 2. The summed E-state index contributed by atoms with van der Waals surface area (Å²) in [7, 11) is 0. The number of carboxylic acid groups (broad SMARTS) is 3. The van der Waals surface area contributed by atoms with E-state index in [4.69, 9.17) is 0 Å². The van der Waals surface area contributed by atoms with Crippen molar-refractivity contribution in [2.24, 2.45) is 0 Å². The highest BCUT2D eigenvalue weighted by Gasteiger charge is 2.52. The van der Waals surface area contributed by atoms with Crippen molar-refractivity contribution in [3.05, 3.63) is 12.2 Å². The predicted molar refractivity (Wildman–Crippen MR) is 150 cm³/mol. The first-order chi connectivity index (χ1) is 17.6. The van der Waals surface area contributed by atoms with E-state index in [0.717, 1.165) is 32.1 Å². The van der Waals surface area contributed by atoms with Crippen LogP contribution < -0.4 is 0 Å². The Balaban J connectivity index is 4.17. The Bertz CT molecular complexity index is 612. The summed E-state index contributed by atoms with van der Waals surface area (Å²) in [4.78, 5) is 35.4. The number of quaternary nitrogens is 1. The fourth-order valence-corrected chi connectivity index (χ4v) is 5.37. The zero-order valence-corrected chi connectivity index (χ0v) is 24.1. The van der Waals surface area contributed by atoms with Crippen molar-refractivity contribution >= 4 is 17.9 Å². The van der Waals surface area contributed by atoms with Gasteiger partial charge in [-0.3, -0.25) is 4.48 Å². The molecule has 216 valence electrons. The molecule has 0 saturated heterocycles. The highest BCUT2D eigenvalue weighted by atomic mass is 16.4. The van der Waals surface area contributed by atoms with E-state index in [-0.39, 0.29) is 6.54 Å². The molecule has 37 heavy (non-hydrogen) atoms. The van der Waals surface area contributed by atoms with Crippen LogP contribution >= 0.6 is 0 Å². The van der Waals surface area contributed by atoms with Crippen LogP contribution in [0.2, 0.25) is 0 Å². The van der Waals surface area contributed by atoms with Gasteiger partial charge < -0.3 is 15.3 Å². The van der Waals surface area contributed by atoms with Crippen LogP contribution in [0.3, 0.4) is 0 Å². The third-order valence-corrected chi connectivity index (χ3v) is 8.04. The molecule has 0 aromatic rings. The third-order valence-electron chi connectivity index (χ3n) is 8.04. The summed E-state index contributed by atoms with van der Waals surface area (Å²) in [5.41, 5.74) is 0. The molecule has 0 amide bonds. The average molecular weight is 527 g/mol. The van der Waals surface area contributed by atoms with E-state index >= 15 is 0 Å². The van der Waals surface area contributed by atoms with E-state index in [0.29, 0.717) is 6.42 Å². The van der Waals surface area contributed by atoms with Crippen molar-refractivity contribution < 1.29 is 34.2 Å². The molecule has 0 aromatic carbocycles. The molecule has 0 radical (unpaired) electrons. The molecule has 0 spiro atoms. The largest absolute Gasteiger partial charge is 0.477 e. The molecule has 0 bridgehead atoms. The van der Waals surface area contributed by atoms with Crippen LogP contribution in [0.5, 0.6) is 0 Å². The number of rotatable bonds is 25. The first-order valence-electron chi connectivity index (χ1n) is 14.8. The lowest BCUT2D eigenvalue weighted by molar-refractivity contribution is -0.968. The summed E-state index contributed by atoms with van der Waals surface area (Å²) < 4.78 is -0.480. The normalized spacial score (nSPS) is 15.8. The fraction of sp³-hybridized carbons (Fsp3) is 0.833. The van der Waals surface area contributed by atoms with Gasteiger partial charge in [-0.1, -0.05) is 89.7 Å². The molecule has 7 heteroatoms. The number of carboxylic acids is 3. The molecule has 0 aliphatic rings. The molecule has 0 rings (SSSR count). The maximum Gasteiger partial charge on any atom is 0.362 e. The molecule has 0 saturated carbocycles. The van der Waals surface area contributed by atoms with Crippen molar-refractivity contribution in [2.45, 2.75) is 155 Å². The number of unbranched alkanes of at least 4 members (excludes halogenated alkanes) is 15. The fourth-order valence-electron chi connectivity index (χ4n) is 5.37. The van der Waals surface area contributed by atoms with Gasteiger partial charge in [0.15, 0.2) is 18.1 Å². The van der Waals surface area contributed by atoms with Crippen molar-refractivity contribution in [2.75, 3.05) is 6.54 Å². The van der Waals surface area contributed by atoms with Gasteiger partial charge in [0.1, 0.15) is 0 Å². The number of carbonyl (C=O) groups is 3. The SMILES string of the molecule is CCCCCCCCC/C=C/CCCCCCCCCC[N+](C(C)C(=O)O)(C(C)C(=O)O)C(C)C(=O)O. The van der Waals surface area contributed by atoms with Crippen LogP contribution in [0.4, 0.5) is 0 Å². The number of hydrogen-bond acceptors (Lipinski definition) is 3. The van der Waals surface area contributed by atoms with E-state index in [2.05, 4.69) is 19.1 Å². The Morgan fingerprint density at radius 3 is 1.16 bits per heavy atom. The second-order valence-electron chi connectivity index (χ2n) is 10.8. The van der Waals surface area contributed by atoms with Crippen molar-refractivity contribution in [1.82, 2.24) is 0 Å². The number of hydrogen-bond donors (Lipinski definition) is 3. The van der Waals surface area contributed by atoms with Crippen LogP contribution in [0.25, 0.3) is 0 Å². The van der Waals surface area contributed by atoms with Gasteiger partial charge in [-0.05, 0) is 59.3 Å². The zero-order chi connectivity index (χ0) is 28.1. The summed E-state index contributed by atoms with van der Waals surface area (Å²) in [6.45, 7) is 6.74. The molecule has 0 aliphatic carbocycles. The monoisotopic (exact) mass is 526 g/mol. The first-order valence-corrected chi connectivity index (χ1v) is 14.8. The van der Waals surface area contributed by atoms with Gasteiger partial charge in [0.25, 0.3) is 0 Å². The van der Waals surface area contributed by atoms with E-state index in [1.165, 1.54) is 91.4 Å². The molecule has 0 heterocycles. The lowest BCUT2D eigenvalue weighted by atomic mass is 10.00. The summed E-state index contributed by atoms with van der Waals surface area (Å²) in [6.07, 6.45) is 24.8. The number of aliphatic carboxylic acids is 3. The summed E-state index contributed by atoms with van der Waals surface area (Å²) in [6, 6.07) is -3.37. The lowest BCUT2D eigenvalue weighted by Crippen LogP contribution is -2.70. The first kappa shape index (κ1) is 35.1. The third kappa shape index (κ3) is 14.0. The smallest absolute Gasteiger partial charge is 0.362 e. The molecular weight excluding hydrogens is 470 g/mol. The molecule has 3 atom stereocenters. The van der Waals surface area contributed by atoms with Crippen molar-refractivity contribution in [3.63, 3.8) is 0 Å². The minimum atomic E-state index is -1.17. The van der Waals surface area contributed by atoms with Crippen LogP contribution in [0.1, 0.15) is 137 Å². The Kier molecular flexibility index (Phi) is 20.0. The van der Waals surface area contributed by atoms with Crippen LogP contribution in [-0.2, 0) is 14.4 Å². The Labute approximate surface area is 225 Å². The quantitative estimate of drug-likeness (QED) is 0.0648. The predicted octanol–water partition coefficient (Wildman–Crippen LogP) is 7.43. The maximum atomic E-state index is 11.8. The molecule has 0 aromatic heterocycles. The standard InChI is InChI=1S/C30H55NO6/c1-5-6-7-8-9-10-11-12-13-14-15-16-17-18-19-20-21-22-23-24-31(25(2)28(32)33,26(3)29(34)35)27(4)30(36)37/h13-14,25-27H,5-12,15-24H2,1-4H3,(H2-,32,33,34,35,36,37)/p+1/b14-13+. The van der Waals surface area contributed by atoms with Gasteiger partial charge in [-0.2, -0.15) is 0 Å². The molecule has 7 nitrogen and oxygen atoms in total. The van der Waals surface area contributed by atoms with Crippen LogP contribution in [0.15, 0.2) is 12.2 Å². The van der Waals surface area contributed by atoms with Crippen LogP contribution in [0, 0.1) is 0 Å². The van der Waals surface area contributed by atoms with Crippen molar-refractivity contribution in [3.8, 4) is 0 Å². The summed E-state index contributed by atoms with van der Waals surface area (Å²) >= 11 is 0. The molecule has 3 N–H and O–H groups in total. The van der Waals surface area contributed by atoms with Gasteiger partial charge in [-0.25, -0.2) is 14.4 Å². The van der Waals surface area contributed by atoms with E-state index < -0.39 is 40.5 Å². The topological polar surface area (TPSA) is 112 Å². The maximum absolute atomic E-state index is 11.8. The molecule has 3 unspecified atom stereocenters. The Hall–Kier alpha value is -1.89. The lowest BCUT2D eigenvalue weighted by Gasteiger charge is -2.47. The Morgan fingerprint density at radius 1 is 0.541 bits per heavy atom. The second-order valence-corrected chi connectivity index (χ2v) is 10.8. The summed E-state index contributed by atoms with van der Waals surface area (Å²) in [5.74, 6) is -3.52. The van der Waals surface area contributed by atoms with Gasteiger partial charge in [0.05, 0.1) is 6.54 Å². The minimum Gasteiger partial charge on any atom is -0.477 e.